The van der Waals surface area contributed by atoms with Crippen molar-refractivity contribution < 1.29 is 14.3 Å². The first kappa shape index (κ1) is 11.3. The Labute approximate surface area is 99.0 Å². The second-order valence-corrected chi connectivity index (χ2v) is 3.59. The molecule has 0 fully saturated rings. The van der Waals surface area contributed by atoms with E-state index >= 15 is 0 Å². The summed E-state index contributed by atoms with van der Waals surface area (Å²) in [6, 6.07) is 10.7. The number of carbonyl (C=O) groups is 2. The molecule has 0 atom stereocenters. The summed E-state index contributed by atoms with van der Waals surface area (Å²) in [5.41, 5.74) is 0.943. The van der Waals surface area contributed by atoms with E-state index in [0.717, 1.165) is 11.7 Å². The number of fused-ring (bicyclic) bond motifs is 1. The number of ether oxygens (including phenoxy) is 1. The summed E-state index contributed by atoms with van der Waals surface area (Å²) in [4.78, 5) is 22.8. The molecule has 17 heavy (non-hydrogen) atoms. The number of esters is 1. The van der Waals surface area contributed by atoms with E-state index in [4.69, 9.17) is 4.74 Å². The second-order valence-electron chi connectivity index (χ2n) is 3.59. The number of hydrogen-bond donors (Lipinski definition) is 0. The van der Waals surface area contributed by atoms with Crippen LogP contribution in [0.2, 0.25) is 0 Å². The van der Waals surface area contributed by atoms with Gasteiger partial charge < -0.3 is 4.74 Å². The number of hydrogen-bond acceptors (Lipinski definition) is 3. The van der Waals surface area contributed by atoms with Crippen molar-refractivity contribution in [2.24, 2.45) is 0 Å². The third-order valence-electron chi connectivity index (χ3n) is 2.56. The summed E-state index contributed by atoms with van der Waals surface area (Å²) >= 11 is 0. The van der Waals surface area contributed by atoms with Crippen molar-refractivity contribution in [2.45, 2.75) is 6.92 Å². The fraction of sp³-hybridized carbons (Fsp3) is 0.143. The van der Waals surface area contributed by atoms with Crippen LogP contribution >= 0.6 is 0 Å². The van der Waals surface area contributed by atoms with Gasteiger partial charge in [-0.2, -0.15) is 0 Å². The van der Waals surface area contributed by atoms with Crippen molar-refractivity contribution >= 4 is 23.0 Å². The van der Waals surface area contributed by atoms with E-state index in [2.05, 4.69) is 0 Å². The van der Waals surface area contributed by atoms with Crippen LogP contribution < -0.4 is 0 Å². The molecular formula is C14H12O3. The minimum absolute atomic E-state index is 0.318. The Morgan fingerprint density at radius 2 is 1.94 bits per heavy atom. The van der Waals surface area contributed by atoms with Gasteiger partial charge >= 0.3 is 5.97 Å². The zero-order chi connectivity index (χ0) is 12.3. The van der Waals surface area contributed by atoms with E-state index in [1.165, 1.54) is 0 Å². The van der Waals surface area contributed by atoms with Crippen LogP contribution in [0.15, 0.2) is 36.4 Å². The lowest BCUT2D eigenvalue weighted by molar-refractivity contribution is 0.0528. The molecule has 0 radical (unpaired) electrons. The third-order valence-corrected chi connectivity index (χ3v) is 2.56. The molecule has 2 aromatic rings. The van der Waals surface area contributed by atoms with E-state index < -0.39 is 5.97 Å². The predicted molar refractivity (Wildman–Crippen MR) is 65.3 cm³/mol. The topological polar surface area (TPSA) is 43.4 Å². The van der Waals surface area contributed by atoms with Gasteiger partial charge in [0.25, 0.3) is 0 Å². The summed E-state index contributed by atoms with van der Waals surface area (Å²) in [6.45, 7) is 2.07. The SMILES string of the molecule is CCOC(=O)c1cccc2cccc(C=O)c12. The highest BCUT2D eigenvalue weighted by molar-refractivity contribution is 6.10. The van der Waals surface area contributed by atoms with Gasteiger partial charge in [-0.3, -0.25) is 4.79 Å². The van der Waals surface area contributed by atoms with Crippen molar-refractivity contribution in [2.75, 3.05) is 6.61 Å². The standard InChI is InChI=1S/C14H12O3/c1-2-17-14(16)12-8-4-6-10-5-3-7-11(9-15)13(10)12/h3-9H,2H2,1H3. The Morgan fingerprint density at radius 1 is 1.24 bits per heavy atom. The van der Waals surface area contributed by atoms with Gasteiger partial charge in [-0.1, -0.05) is 30.3 Å². The molecule has 0 N–H and O–H groups in total. The maximum Gasteiger partial charge on any atom is 0.338 e. The maximum atomic E-state index is 11.8. The largest absolute Gasteiger partial charge is 0.462 e. The highest BCUT2D eigenvalue weighted by atomic mass is 16.5. The van der Waals surface area contributed by atoms with Gasteiger partial charge in [0.15, 0.2) is 6.29 Å². The lowest BCUT2D eigenvalue weighted by Crippen LogP contribution is -2.06. The quantitative estimate of drug-likeness (QED) is 0.599. The maximum absolute atomic E-state index is 11.8. The lowest BCUT2D eigenvalue weighted by Gasteiger charge is -2.07. The second kappa shape index (κ2) is 4.78. The Balaban J connectivity index is 2.70. The van der Waals surface area contributed by atoms with Gasteiger partial charge in [0.05, 0.1) is 12.2 Å². The third kappa shape index (κ3) is 2.04. The molecule has 0 aliphatic rings. The van der Waals surface area contributed by atoms with E-state index in [1.54, 1.807) is 31.2 Å². The van der Waals surface area contributed by atoms with Crippen molar-refractivity contribution in [3.05, 3.63) is 47.5 Å². The molecule has 2 rings (SSSR count). The van der Waals surface area contributed by atoms with Crippen LogP contribution in [0.25, 0.3) is 10.8 Å². The number of rotatable bonds is 3. The summed E-state index contributed by atoms with van der Waals surface area (Å²) < 4.78 is 4.98. The van der Waals surface area contributed by atoms with Crippen molar-refractivity contribution in [1.29, 1.82) is 0 Å². The number of carbonyl (C=O) groups excluding carboxylic acids is 2. The molecule has 3 nitrogen and oxygen atoms in total. The molecule has 0 saturated carbocycles. The van der Waals surface area contributed by atoms with Crippen LogP contribution in [0.4, 0.5) is 0 Å². The van der Waals surface area contributed by atoms with E-state index in [9.17, 15) is 9.59 Å². The van der Waals surface area contributed by atoms with Crippen LogP contribution in [0.5, 0.6) is 0 Å². The first-order chi connectivity index (χ1) is 8.27. The Morgan fingerprint density at radius 3 is 2.59 bits per heavy atom. The predicted octanol–water partition coefficient (Wildman–Crippen LogP) is 2.83. The van der Waals surface area contributed by atoms with Gasteiger partial charge in [0.1, 0.15) is 0 Å². The molecule has 0 amide bonds. The molecule has 0 spiro atoms. The molecule has 86 valence electrons. The van der Waals surface area contributed by atoms with Crippen molar-refractivity contribution in [3.63, 3.8) is 0 Å². The zero-order valence-corrected chi connectivity index (χ0v) is 9.47. The van der Waals surface area contributed by atoms with E-state index in [1.807, 2.05) is 12.1 Å². The number of aldehydes is 1. The highest BCUT2D eigenvalue weighted by Crippen LogP contribution is 2.22. The van der Waals surface area contributed by atoms with Gasteiger partial charge in [0, 0.05) is 10.9 Å². The fourth-order valence-corrected chi connectivity index (χ4v) is 1.85. The zero-order valence-electron chi connectivity index (χ0n) is 9.47. The normalized spacial score (nSPS) is 10.2. The smallest absolute Gasteiger partial charge is 0.338 e. The van der Waals surface area contributed by atoms with Gasteiger partial charge in [-0.25, -0.2) is 4.79 Å². The van der Waals surface area contributed by atoms with Crippen LogP contribution in [0.1, 0.15) is 27.6 Å². The molecule has 0 aromatic heterocycles. The highest BCUT2D eigenvalue weighted by Gasteiger charge is 2.13. The molecule has 0 saturated heterocycles. The van der Waals surface area contributed by atoms with Crippen LogP contribution in [0.3, 0.4) is 0 Å². The first-order valence-corrected chi connectivity index (χ1v) is 5.42. The monoisotopic (exact) mass is 228 g/mol. The molecule has 0 aliphatic heterocycles. The van der Waals surface area contributed by atoms with E-state index in [-0.39, 0.29) is 0 Å². The average Bonchev–Trinajstić information content (AvgIpc) is 2.37. The average molecular weight is 228 g/mol. The molecule has 0 bridgehead atoms. The minimum atomic E-state index is -0.396. The van der Waals surface area contributed by atoms with Gasteiger partial charge in [-0.05, 0) is 18.4 Å². The van der Waals surface area contributed by atoms with Gasteiger partial charge in [-0.15, -0.1) is 0 Å². The number of benzene rings is 2. The summed E-state index contributed by atoms with van der Waals surface area (Å²) in [5.74, 6) is -0.396. The van der Waals surface area contributed by atoms with Crippen LogP contribution in [-0.4, -0.2) is 18.9 Å². The Hall–Kier alpha value is -2.16. The fourth-order valence-electron chi connectivity index (χ4n) is 1.85. The van der Waals surface area contributed by atoms with Gasteiger partial charge in [0.2, 0.25) is 0 Å². The summed E-state index contributed by atoms with van der Waals surface area (Å²) in [5, 5.41) is 1.52. The van der Waals surface area contributed by atoms with Crippen LogP contribution in [-0.2, 0) is 4.74 Å². The Bertz CT molecular complexity index is 567. The first-order valence-electron chi connectivity index (χ1n) is 5.42. The minimum Gasteiger partial charge on any atom is -0.462 e. The molecule has 0 heterocycles. The summed E-state index contributed by atoms with van der Waals surface area (Å²) in [7, 11) is 0. The van der Waals surface area contributed by atoms with Crippen LogP contribution in [0, 0.1) is 0 Å². The van der Waals surface area contributed by atoms with Crippen molar-refractivity contribution in [1.82, 2.24) is 0 Å². The molecular weight excluding hydrogens is 216 g/mol. The lowest BCUT2D eigenvalue weighted by atomic mass is 10.00. The Kier molecular flexibility index (Phi) is 3.19. The van der Waals surface area contributed by atoms with E-state index in [0.29, 0.717) is 23.1 Å². The summed E-state index contributed by atoms with van der Waals surface area (Å²) in [6.07, 6.45) is 0.755. The molecule has 3 heteroatoms. The molecule has 0 unspecified atom stereocenters. The molecule has 0 aliphatic carbocycles. The van der Waals surface area contributed by atoms with Crippen molar-refractivity contribution in [3.8, 4) is 0 Å². The molecule has 2 aromatic carbocycles.